The summed E-state index contributed by atoms with van der Waals surface area (Å²) in [5.74, 6) is 0. The van der Waals surface area contributed by atoms with Gasteiger partial charge in [-0.1, -0.05) is 19.9 Å². The Balaban J connectivity index is 3.84. The molecule has 0 fully saturated rings. The van der Waals surface area contributed by atoms with Gasteiger partial charge in [-0.25, -0.2) is 0 Å². The monoisotopic (exact) mass is 127 g/mol. The van der Waals surface area contributed by atoms with E-state index in [0.717, 1.165) is 6.42 Å². The lowest BCUT2D eigenvalue weighted by molar-refractivity contribution is 0.313. The molecule has 0 aromatic heterocycles. The van der Waals surface area contributed by atoms with Crippen molar-refractivity contribution in [2.45, 2.75) is 20.3 Å². The van der Waals surface area contributed by atoms with E-state index < -0.39 is 0 Å². The summed E-state index contributed by atoms with van der Waals surface area (Å²) >= 11 is 0. The molecule has 0 rings (SSSR count). The first-order valence-electron chi connectivity index (χ1n) is 2.92. The predicted octanol–water partition coefficient (Wildman–Crippen LogP) is 2.05. The quantitative estimate of drug-likeness (QED) is 0.267. The van der Waals surface area contributed by atoms with E-state index in [4.69, 9.17) is 5.21 Å². The number of nitrogens with zero attached hydrogens (tertiary/aromatic N) is 1. The van der Waals surface area contributed by atoms with E-state index >= 15 is 0 Å². The summed E-state index contributed by atoms with van der Waals surface area (Å²) in [7, 11) is 0. The van der Waals surface area contributed by atoms with E-state index in [-0.39, 0.29) is 5.41 Å². The fraction of sp³-hybridized carbons (Fsp3) is 0.571. The van der Waals surface area contributed by atoms with Gasteiger partial charge in [0.15, 0.2) is 0 Å². The SMILES string of the molecule is C=CCC(C)(C)/C=N/O. The summed E-state index contributed by atoms with van der Waals surface area (Å²) in [5.41, 5.74) is -0.0590. The fourth-order valence-corrected chi connectivity index (χ4v) is 0.581. The third-order valence-electron chi connectivity index (χ3n) is 1.08. The largest absolute Gasteiger partial charge is 0.411 e. The molecule has 0 aliphatic carbocycles. The number of oxime groups is 1. The number of allylic oxidation sites excluding steroid dienone is 1. The number of rotatable bonds is 3. The van der Waals surface area contributed by atoms with Crippen molar-refractivity contribution < 1.29 is 5.21 Å². The van der Waals surface area contributed by atoms with Crippen molar-refractivity contribution in [3.05, 3.63) is 12.7 Å². The molecule has 0 unspecified atom stereocenters. The summed E-state index contributed by atoms with van der Waals surface area (Å²) in [5, 5.41) is 11.1. The molecule has 0 aliphatic rings. The molecule has 0 aliphatic heterocycles. The molecular formula is C7H13NO. The number of hydrogen-bond acceptors (Lipinski definition) is 2. The zero-order valence-corrected chi connectivity index (χ0v) is 5.96. The van der Waals surface area contributed by atoms with Crippen molar-refractivity contribution in [2.24, 2.45) is 10.6 Å². The highest BCUT2D eigenvalue weighted by molar-refractivity contribution is 5.63. The van der Waals surface area contributed by atoms with Gasteiger partial charge in [0.05, 0.1) is 0 Å². The van der Waals surface area contributed by atoms with Crippen molar-refractivity contribution in [3.8, 4) is 0 Å². The maximum Gasteiger partial charge on any atom is 0.0495 e. The second-order valence-electron chi connectivity index (χ2n) is 2.73. The van der Waals surface area contributed by atoms with Crippen LogP contribution >= 0.6 is 0 Å². The van der Waals surface area contributed by atoms with E-state index in [1.807, 2.05) is 19.9 Å². The van der Waals surface area contributed by atoms with E-state index in [2.05, 4.69) is 11.7 Å². The van der Waals surface area contributed by atoms with Crippen LogP contribution in [-0.2, 0) is 0 Å². The van der Waals surface area contributed by atoms with Gasteiger partial charge in [-0.05, 0) is 6.42 Å². The van der Waals surface area contributed by atoms with Crippen LogP contribution in [0.3, 0.4) is 0 Å². The third-order valence-corrected chi connectivity index (χ3v) is 1.08. The Kier molecular flexibility index (Phi) is 2.99. The molecule has 0 atom stereocenters. The molecule has 0 amide bonds. The average Bonchev–Trinajstić information content (AvgIpc) is 1.64. The second-order valence-corrected chi connectivity index (χ2v) is 2.73. The summed E-state index contributed by atoms with van der Waals surface area (Å²) in [6.07, 6.45) is 4.15. The molecule has 0 saturated heterocycles. The second kappa shape index (κ2) is 3.28. The van der Waals surface area contributed by atoms with Gasteiger partial charge in [-0.3, -0.25) is 0 Å². The van der Waals surface area contributed by atoms with E-state index in [1.165, 1.54) is 6.21 Å². The third kappa shape index (κ3) is 3.76. The van der Waals surface area contributed by atoms with Crippen LogP contribution in [0.5, 0.6) is 0 Å². The normalized spacial score (nSPS) is 12.2. The highest BCUT2D eigenvalue weighted by Crippen LogP contribution is 2.16. The molecule has 1 N–H and O–H groups in total. The van der Waals surface area contributed by atoms with Gasteiger partial charge < -0.3 is 5.21 Å². The summed E-state index contributed by atoms with van der Waals surface area (Å²) in [4.78, 5) is 0. The molecular weight excluding hydrogens is 114 g/mol. The highest BCUT2D eigenvalue weighted by Gasteiger charge is 2.11. The molecule has 0 aromatic carbocycles. The van der Waals surface area contributed by atoms with Crippen LogP contribution in [0.4, 0.5) is 0 Å². The van der Waals surface area contributed by atoms with Crippen molar-refractivity contribution >= 4 is 6.21 Å². The summed E-state index contributed by atoms with van der Waals surface area (Å²) < 4.78 is 0. The first-order chi connectivity index (χ1) is 4.12. The van der Waals surface area contributed by atoms with Crippen molar-refractivity contribution in [3.63, 3.8) is 0 Å². The van der Waals surface area contributed by atoms with Gasteiger partial charge in [-0.15, -0.1) is 11.7 Å². The topological polar surface area (TPSA) is 32.6 Å². The minimum absolute atomic E-state index is 0.0590. The van der Waals surface area contributed by atoms with E-state index in [0.29, 0.717) is 0 Å². The maximum atomic E-state index is 8.16. The highest BCUT2D eigenvalue weighted by atomic mass is 16.4. The van der Waals surface area contributed by atoms with Gasteiger partial charge in [0.1, 0.15) is 0 Å². The summed E-state index contributed by atoms with van der Waals surface area (Å²) in [6, 6.07) is 0. The average molecular weight is 127 g/mol. The lowest BCUT2D eigenvalue weighted by Gasteiger charge is -2.14. The van der Waals surface area contributed by atoms with Crippen LogP contribution < -0.4 is 0 Å². The molecule has 2 heteroatoms. The molecule has 0 bridgehead atoms. The minimum atomic E-state index is -0.0590. The lowest BCUT2D eigenvalue weighted by Crippen LogP contribution is -2.10. The molecule has 9 heavy (non-hydrogen) atoms. The van der Waals surface area contributed by atoms with Gasteiger partial charge in [-0.2, -0.15) is 0 Å². The van der Waals surface area contributed by atoms with Gasteiger partial charge in [0.25, 0.3) is 0 Å². The van der Waals surface area contributed by atoms with Crippen LogP contribution in [0.25, 0.3) is 0 Å². The molecule has 52 valence electrons. The van der Waals surface area contributed by atoms with Crippen LogP contribution in [0.2, 0.25) is 0 Å². The van der Waals surface area contributed by atoms with Crippen molar-refractivity contribution in [1.29, 1.82) is 0 Å². The van der Waals surface area contributed by atoms with Gasteiger partial charge >= 0.3 is 0 Å². The Bertz CT molecular complexity index is 116. The Morgan fingerprint density at radius 3 is 2.56 bits per heavy atom. The predicted molar refractivity (Wildman–Crippen MR) is 38.9 cm³/mol. The molecule has 0 heterocycles. The Labute approximate surface area is 55.9 Å². The van der Waals surface area contributed by atoms with Gasteiger partial charge in [0, 0.05) is 11.6 Å². The molecule has 2 nitrogen and oxygen atoms in total. The number of hydrogen-bond donors (Lipinski definition) is 1. The fourth-order valence-electron chi connectivity index (χ4n) is 0.581. The van der Waals surface area contributed by atoms with Crippen molar-refractivity contribution in [1.82, 2.24) is 0 Å². The molecule has 0 spiro atoms. The Morgan fingerprint density at radius 1 is 1.67 bits per heavy atom. The van der Waals surface area contributed by atoms with Gasteiger partial charge in [0.2, 0.25) is 0 Å². The smallest absolute Gasteiger partial charge is 0.0495 e. The van der Waals surface area contributed by atoms with Crippen LogP contribution in [-0.4, -0.2) is 11.4 Å². The van der Waals surface area contributed by atoms with E-state index in [9.17, 15) is 0 Å². The zero-order chi connectivity index (χ0) is 7.33. The molecule has 0 saturated carbocycles. The van der Waals surface area contributed by atoms with Crippen molar-refractivity contribution in [2.75, 3.05) is 0 Å². The minimum Gasteiger partial charge on any atom is -0.411 e. The first-order valence-corrected chi connectivity index (χ1v) is 2.92. The first kappa shape index (κ1) is 8.21. The maximum absolute atomic E-state index is 8.16. The Morgan fingerprint density at radius 2 is 2.22 bits per heavy atom. The standard InChI is InChI=1S/C7H13NO/c1-4-5-7(2,3)6-8-9/h4,6,9H,1,5H2,2-3H3/b8-6+. The van der Waals surface area contributed by atoms with Crippen LogP contribution in [0, 0.1) is 5.41 Å². The Hall–Kier alpha value is -0.790. The van der Waals surface area contributed by atoms with Crippen LogP contribution in [0.1, 0.15) is 20.3 Å². The lowest BCUT2D eigenvalue weighted by atomic mass is 9.91. The zero-order valence-electron chi connectivity index (χ0n) is 5.96. The molecule has 0 radical (unpaired) electrons. The van der Waals surface area contributed by atoms with Crippen LogP contribution in [0.15, 0.2) is 17.8 Å². The van der Waals surface area contributed by atoms with E-state index in [1.54, 1.807) is 0 Å². The summed E-state index contributed by atoms with van der Waals surface area (Å²) in [6.45, 7) is 7.55. The molecule has 0 aromatic rings.